The molecule has 2 amide bonds. The van der Waals surface area contributed by atoms with Gasteiger partial charge in [0.05, 0.1) is 4.90 Å². The highest BCUT2D eigenvalue weighted by atomic mass is 32.2. The number of hydrogen-bond acceptors (Lipinski definition) is 6. The lowest BCUT2D eigenvalue weighted by Crippen LogP contribution is -2.53. The zero-order valence-electron chi connectivity index (χ0n) is 16.1. The van der Waals surface area contributed by atoms with Crippen LogP contribution in [-0.2, 0) is 10.0 Å². The number of amidine groups is 1. The predicted octanol–water partition coefficient (Wildman–Crippen LogP) is 1.50. The number of hydrazone groups is 1. The third-order valence-corrected chi connectivity index (χ3v) is 5.77. The Morgan fingerprint density at radius 3 is 2.17 bits per heavy atom. The van der Waals surface area contributed by atoms with E-state index in [1.807, 2.05) is 0 Å². The Kier molecular flexibility index (Phi) is 6.95. The number of halogens is 3. The molecular weight excluding hydrogens is 415 g/mol. The molecule has 0 aromatic heterocycles. The maximum atomic E-state index is 12.7. The van der Waals surface area contributed by atoms with E-state index in [1.165, 1.54) is 14.2 Å². The Balaban J connectivity index is 1.98. The fourth-order valence-electron chi connectivity index (χ4n) is 2.65. The van der Waals surface area contributed by atoms with Crippen molar-refractivity contribution in [3.8, 4) is 5.75 Å². The molecule has 9 nitrogen and oxygen atoms in total. The van der Waals surface area contributed by atoms with Gasteiger partial charge in [-0.15, -0.1) is 13.2 Å². The molecule has 29 heavy (non-hydrogen) atoms. The third kappa shape index (κ3) is 6.49. The first-order valence-corrected chi connectivity index (χ1v) is 9.97. The molecular formula is C16H22F3N5O4S. The van der Waals surface area contributed by atoms with Gasteiger partial charge in [0.25, 0.3) is 0 Å². The second-order valence-corrected chi connectivity index (χ2v) is 8.31. The molecule has 0 bridgehead atoms. The topological polar surface area (TPSA) is 94.5 Å². The number of carbonyl (C=O) groups is 1. The fraction of sp³-hybridized carbons (Fsp3) is 0.500. The second kappa shape index (κ2) is 8.86. The van der Waals surface area contributed by atoms with Crippen LogP contribution < -0.4 is 10.1 Å². The zero-order chi connectivity index (χ0) is 21.8. The maximum absolute atomic E-state index is 12.7. The normalized spacial score (nSPS) is 16.5. The molecule has 0 radical (unpaired) electrons. The van der Waals surface area contributed by atoms with Crippen molar-refractivity contribution in [3.63, 3.8) is 0 Å². The summed E-state index contributed by atoms with van der Waals surface area (Å²) in [6.45, 7) is 2.07. The van der Waals surface area contributed by atoms with Crippen LogP contribution in [0.15, 0.2) is 34.3 Å². The average molecular weight is 437 g/mol. The standard InChI is InChI=1S/C16H22F3N5O4S/c1-12(21-22(2)3)20-15(25)23-8-10-24(11-9-23)29(26,27)14-6-4-13(5-7-14)28-16(17,18)19/h4-7H,8-11H2,1-3H3,(H,20,21,25). The molecule has 2 rings (SSSR count). The van der Waals surface area contributed by atoms with E-state index in [2.05, 4.69) is 15.2 Å². The molecule has 0 atom stereocenters. The summed E-state index contributed by atoms with van der Waals surface area (Å²) >= 11 is 0. The van der Waals surface area contributed by atoms with E-state index in [0.29, 0.717) is 5.84 Å². The van der Waals surface area contributed by atoms with Gasteiger partial charge in [0.1, 0.15) is 11.6 Å². The van der Waals surface area contributed by atoms with Crippen molar-refractivity contribution >= 4 is 21.9 Å². The summed E-state index contributed by atoms with van der Waals surface area (Å²) in [4.78, 5) is 13.5. The van der Waals surface area contributed by atoms with Gasteiger partial charge in [-0.3, -0.25) is 5.32 Å². The van der Waals surface area contributed by atoms with Gasteiger partial charge >= 0.3 is 12.4 Å². The van der Waals surface area contributed by atoms with Gasteiger partial charge in [-0.2, -0.15) is 9.41 Å². The number of hydrogen-bond donors (Lipinski definition) is 1. The van der Waals surface area contributed by atoms with E-state index in [0.717, 1.165) is 24.3 Å². The minimum atomic E-state index is -4.85. The van der Waals surface area contributed by atoms with E-state index >= 15 is 0 Å². The molecule has 1 aromatic rings. The molecule has 0 spiro atoms. The van der Waals surface area contributed by atoms with Crippen LogP contribution >= 0.6 is 0 Å². The lowest BCUT2D eigenvalue weighted by molar-refractivity contribution is -0.274. The Labute approximate surface area is 166 Å². The molecule has 0 aliphatic carbocycles. The summed E-state index contributed by atoms with van der Waals surface area (Å²) < 4.78 is 66.9. The number of nitrogens with one attached hydrogen (secondary N) is 1. The Morgan fingerprint density at radius 1 is 1.14 bits per heavy atom. The molecule has 1 heterocycles. The molecule has 1 fully saturated rings. The van der Waals surface area contributed by atoms with Crippen LogP contribution in [0.4, 0.5) is 18.0 Å². The number of rotatable bonds is 4. The van der Waals surface area contributed by atoms with Crippen LogP contribution in [0.5, 0.6) is 5.75 Å². The number of amides is 2. The summed E-state index contributed by atoms with van der Waals surface area (Å²) in [5, 5.41) is 8.19. The number of piperazine rings is 1. The average Bonchev–Trinajstić information content (AvgIpc) is 2.60. The van der Waals surface area contributed by atoms with Crippen LogP contribution in [0.25, 0.3) is 0 Å². The van der Waals surface area contributed by atoms with Crippen molar-refractivity contribution < 1.29 is 31.1 Å². The van der Waals surface area contributed by atoms with Crippen molar-refractivity contribution in [1.82, 2.24) is 19.5 Å². The molecule has 1 aromatic carbocycles. The van der Waals surface area contributed by atoms with Crippen molar-refractivity contribution in [2.75, 3.05) is 40.3 Å². The van der Waals surface area contributed by atoms with Crippen LogP contribution in [0.2, 0.25) is 0 Å². The van der Waals surface area contributed by atoms with Gasteiger partial charge in [0, 0.05) is 40.3 Å². The highest BCUT2D eigenvalue weighted by molar-refractivity contribution is 7.89. The molecule has 1 aliphatic rings. The zero-order valence-corrected chi connectivity index (χ0v) is 16.9. The maximum Gasteiger partial charge on any atom is 0.573 e. The number of ether oxygens (including phenoxy) is 1. The summed E-state index contributed by atoms with van der Waals surface area (Å²) in [5.74, 6) is -0.107. The quantitative estimate of drug-likeness (QED) is 0.438. The largest absolute Gasteiger partial charge is 0.573 e. The van der Waals surface area contributed by atoms with Crippen LogP contribution in [0, 0.1) is 0 Å². The molecule has 0 unspecified atom stereocenters. The second-order valence-electron chi connectivity index (χ2n) is 6.37. The van der Waals surface area contributed by atoms with Gasteiger partial charge in [0.2, 0.25) is 10.0 Å². The molecule has 1 aliphatic heterocycles. The summed E-state index contributed by atoms with van der Waals surface area (Å²) in [7, 11) is -0.484. The highest BCUT2D eigenvalue weighted by Crippen LogP contribution is 2.25. The van der Waals surface area contributed by atoms with Gasteiger partial charge in [0.15, 0.2) is 0 Å². The van der Waals surface area contributed by atoms with Gasteiger partial charge < -0.3 is 14.6 Å². The highest BCUT2D eigenvalue weighted by Gasteiger charge is 2.32. The SMILES string of the molecule is C/C(=N\N(C)C)NC(=O)N1CCN(S(=O)(=O)c2ccc(OC(F)(F)F)cc2)CC1. The van der Waals surface area contributed by atoms with Crippen LogP contribution in [0.3, 0.4) is 0 Å². The first-order valence-electron chi connectivity index (χ1n) is 8.53. The number of benzene rings is 1. The molecule has 1 N–H and O–H groups in total. The van der Waals surface area contributed by atoms with Crippen LogP contribution in [-0.4, -0.2) is 81.1 Å². The number of sulfonamides is 1. The Hall–Kier alpha value is -2.54. The van der Waals surface area contributed by atoms with Crippen molar-refractivity contribution in [2.24, 2.45) is 5.10 Å². The van der Waals surface area contributed by atoms with Crippen molar-refractivity contribution in [2.45, 2.75) is 18.2 Å². The lowest BCUT2D eigenvalue weighted by Gasteiger charge is -2.34. The smallest absolute Gasteiger partial charge is 0.406 e. The van der Waals surface area contributed by atoms with E-state index in [9.17, 15) is 26.4 Å². The summed E-state index contributed by atoms with van der Waals surface area (Å²) in [6, 6.07) is 3.60. The first-order chi connectivity index (χ1) is 13.4. The molecule has 0 saturated carbocycles. The number of nitrogens with zero attached hydrogens (tertiary/aromatic N) is 4. The monoisotopic (exact) mass is 437 g/mol. The molecule has 13 heteroatoms. The minimum absolute atomic E-state index is 0.0560. The van der Waals surface area contributed by atoms with Gasteiger partial charge in [-0.05, 0) is 31.2 Å². The molecule has 162 valence electrons. The number of alkyl halides is 3. The molecule has 1 saturated heterocycles. The van der Waals surface area contributed by atoms with Gasteiger partial charge in [-0.1, -0.05) is 0 Å². The van der Waals surface area contributed by atoms with E-state index < -0.39 is 22.1 Å². The van der Waals surface area contributed by atoms with E-state index in [1.54, 1.807) is 21.0 Å². The fourth-order valence-corrected chi connectivity index (χ4v) is 4.07. The number of carbonyl (C=O) groups excluding carboxylic acids is 1. The Morgan fingerprint density at radius 2 is 1.69 bits per heavy atom. The summed E-state index contributed by atoms with van der Waals surface area (Å²) in [5.41, 5.74) is 0. The minimum Gasteiger partial charge on any atom is -0.406 e. The Bertz CT molecular complexity index is 848. The number of urea groups is 1. The van der Waals surface area contributed by atoms with Crippen molar-refractivity contribution in [1.29, 1.82) is 0 Å². The predicted molar refractivity (Wildman–Crippen MR) is 98.8 cm³/mol. The van der Waals surface area contributed by atoms with E-state index in [4.69, 9.17) is 0 Å². The summed E-state index contributed by atoms with van der Waals surface area (Å²) in [6.07, 6.45) is -4.85. The van der Waals surface area contributed by atoms with Crippen molar-refractivity contribution in [3.05, 3.63) is 24.3 Å². The third-order valence-electron chi connectivity index (χ3n) is 3.86. The van der Waals surface area contributed by atoms with Gasteiger partial charge in [-0.25, -0.2) is 13.2 Å². The lowest BCUT2D eigenvalue weighted by atomic mass is 10.3. The van der Waals surface area contributed by atoms with Crippen LogP contribution in [0.1, 0.15) is 6.92 Å². The van der Waals surface area contributed by atoms with E-state index in [-0.39, 0.29) is 37.1 Å². The first kappa shape index (κ1) is 22.7.